The summed E-state index contributed by atoms with van der Waals surface area (Å²) in [6, 6.07) is 12.5. The number of nitrogens with two attached hydrogens (primary N) is 1. The average molecular weight is 406 g/mol. The molecule has 0 aromatic heterocycles. The van der Waals surface area contributed by atoms with Gasteiger partial charge in [-0.2, -0.15) is 0 Å². The summed E-state index contributed by atoms with van der Waals surface area (Å²) in [5, 5.41) is 0. The number of aryl methyl sites for hydroxylation is 1. The SMILES string of the molecule is Cc1ccc(C(N)C(=O)N2CCCN(C(=O)c3ccc(F)cc3)CC2)cc1.Cl. The Morgan fingerprint density at radius 2 is 1.50 bits per heavy atom. The van der Waals surface area contributed by atoms with Gasteiger partial charge in [0.15, 0.2) is 0 Å². The van der Waals surface area contributed by atoms with Crippen LogP contribution in [0.4, 0.5) is 4.39 Å². The van der Waals surface area contributed by atoms with Crippen molar-refractivity contribution >= 4 is 24.2 Å². The molecule has 1 heterocycles. The van der Waals surface area contributed by atoms with Crippen molar-refractivity contribution in [3.63, 3.8) is 0 Å². The molecule has 28 heavy (non-hydrogen) atoms. The summed E-state index contributed by atoms with van der Waals surface area (Å²) in [4.78, 5) is 28.8. The number of halogens is 2. The number of hydrogen-bond donors (Lipinski definition) is 1. The first kappa shape index (κ1) is 21.9. The maximum atomic E-state index is 13.1. The molecule has 150 valence electrons. The fourth-order valence-electron chi connectivity index (χ4n) is 3.23. The molecule has 1 atom stereocenters. The highest BCUT2D eigenvalue weighted by Gasteiger charge is 2.26. The summed E-state index contributed by atoms with van der Waals surface area (Å²) >= 11 is 0. The van der Waals surface area contributed by atoms with Crippen molar-refractivity contribution in [1.29, 1.82) is 0 Å². The van der Waals surface area contributed by atoms with Gasteiger partial charge >= 0.3 is 0 Å². The monoisotopic (exact) mass is 405 g/mol. The van der Waals surface area contributed by atoms with Crippen molar-refractivity contribution in [3.8, 4) is 0 Å². The van der Waals surface area contributed by atoms with E-state index < -0.39 is 6.04 Å². The minimum Gasteiger partial charge on any atom is -0.339 e. The van der Waals surface area contributed by atoms with Crippen LogP contribution < -0.4 is 5.73 Å². The van der Waals surface area contributed by atoms with E-state index in [1.165, 1.54) is 24.3 Å². The average Bonchev–Trinajstić information content (AvgIpc) is 2.94. The van der Waals surface area contributed by atoms with Crippen LogP contribution in [0.5, 0.6) is 0 Å². The molecule has 5 nitrogen and oxygen atoms in total. The zero-order chi connectivity index (χ0) is 19.4. The van der Waals surface area contributed by atoms with Crippen LogP contribution in [0.3, 0.4) is 0 Å². The Morgan fingerprint density at radius 3 is 2.14 bits per heavy atom. The van der Waals surface area contributed by atoms with Crippen LogP contribution in [0.25, 0.3) is 0 Å². The Kier molecular flexibility index (Phi) is 7.54. The number of rotatable bonds is 3. The molecule has 1 unspecified atom stereocenters. The summed E-state index contributed by atoms with van der Waals surface area (Å²) in [5.41, 5.74) is 8.51. The normalized spacial score (nSPS) is 15.4. The summed E-state index contributed by atoms with van der Waals surface area (Å²) in [7, 11) is 0. The number of benzene rings is 2. The van der Waals surface area contributed by atoms with E-state index in [0.29, 0.717) is 38.2 Å². The molecule has 0 spiro atoms. The van der Waals surface area contributed by atoms with Gasteiger partial charge in [0.25, 0.3) is 5.91 Å². The Balaban J connectivity index is 0.00000280. The molecule has 1 saturated heterocycles. The van der Waals surface area contributed by atoms with Crippen LogP contribution in [0, 0.1) is 12.7 Å². The lowest BCUT2D eigenvalue weighted by molar-refractivity contribution is -0.132. The molecule has 1 aliphatic heterocycles. The minimum atomic E-state index is -0.704. The van der Waals surface area contributed by atoms with E-state index in [-0.39, 0.29) is 30.0 Å². The van der Waals surface area contributed by atoms with E-state index >= 15 is 0 Å². The van der Waals surface area contributed by atoms with Gasteiger partial charge in [-0.05, 0) is 43.2 Å². The predicted molar refractivity (Wildman–Crippen MR) is 109 cm³/mol. The maximum Gasteiger partial charge on any atom is 0.253 e. The van der Waals surface area contributed by atoms with E-state index in [2.05, 4.69) is 0 Å². The quantitative estimate of drug-likeness (QED) is 0.853. The molecular weight excluding hydrogens is 381 g/mol. The van der Waals surface area contributed by atoms with Crippen molar-refractivity contribution < 1.29 is 14.0 Å². The molecule has 0 aliphatic carbocycles. The predicted octanol–water partition coefficient (Wildman–Crippen LogP) is 2.93. The fourth-order valence-corrected chi connectivity index (χ4v) is 3.23. The zero-order valence-electron chi connectivity index (χ0n) is 15.8. The maximum absolute atomic E-state index is 13.1. The number of hydrogen-bond acceptors (Lipinski definition) is 3. The van der Waals surface area contributed by atoms with Crippen LogP contribution >= 0.6 is 12.4 Å². The van der Waals surface area contributed by atoms with Gasteiger partial charge in [0.05, 0.1) is 0 Å². The van der Waals surface area contributed by atoms with Crippen LogP contribution in [0.2, 0.25) is 0 Å². The van der Waals surface area contributed by atoms with Crippen molar-refractivity contribution in [3.05, 3.63) is 71.0 Å². The second-order valence-electron chi connectivity index (χ2n) is 6.87. The molecule has 1 fully saturated rings. The van der Waals surface area contributed by atoms with Crippen LogP contribution in [-0.4, -0.2) is 47.8 Å². The fraction of sp³-hybridized carbons (Fsp3) is 0.333. The van der Waals surface area contributed by atoms with Crippen LogP contribution in [0.1, 0.15) is 33.9 Å². The Labute approximate surface area is 170 Å². The zero-order valence-corrected chi connectivity index (χ0v) is 16.6. The van der Waals surface area contributed by atoms with Crippen LogP contribution in [0.15, 0.2) is 48.5 Å². The lowest BCUT2D eigenvalue weighted by atomic mass is 10.0. The lowest BCUT2D eigenvalue weighted by Crippen LogP contribution is -2.41. The van der Waals surface area contributed by atoms with Gasteiger partial charge in [-0.25, -0.2) is 4.39 Å². The molecule has 0 bridgehead atoms. The van der Waals surface area contributed by atoms with Gasteiger partial charge in [-0.3, -0.25) is 9.59 Å². The van der Waals surface area contributed by atoms with Gasteiger partial charge < -0.3 is 15.5 Å². The van der Waals surface area contributed by atoms with Gasteiger partial charge in [0, 0.05) is 31.7 Å². The minimum absolute atomic E-state index is 0. The molecule has 0 radical (unpaired) electrons. The highest BCUT2D eigenvalue weighted by molar-refractivity contribution is 5.94. The number of carbonyl (C=O) groups is 2. The standard InChI is InChI=1S/C21H24FN3O2.ClH/c1-15-3-5-16(6-4-15)19(23)21(27)25-12-2-11-24(13-14-25)20(26)17-7-9-18(22)10-8-17;/h3-10,19H,2,11-14,23H2,1H3;1H. The second-order valence-corrected chi connectivity index (χ2v) is 6.87. The van der Waals surface area contributed by atoms with Gasteiger partial charge in [-0.1, -0.05) is 29.8 Å². The molecule has 2 N–H and O–H groups in total. The second kappa shape index (κ2) is 9.66. The Morgan fingerprint density at radius 1 is 0.929 bits per heavy atom. The van der Waals surface area contributed by atoms with Crippen LogP contribution in [-0.2, 0) is 4.79 Å². The molecular formula is C21H25ClFN3O2. The first-order valence-electron chi connectivity index (χ1n) is 9.11. The van der Waals surface area contributed by atoms with Gasteiger partial charge in [0.1, 0.15) is 11.9 Å². The summed E-state index contributed by atoms with van der Waals surface area (Å²) in [5.74, 6) is -0.647. The Bertz CT molecular complexity index is 811. The summed E-state index contributed by atoms with van der Waals surface area (Å²) < 4.78 is 13.1. The highest BCUT2D eigenvalue weighted by atomic mass is 35.5. The molecule has 2 aromatic rings. The molecule has 2 amide bonds. The van der Waals surface area contributed by atoms with E-state index in [1.54, 1.807) is 9.80 Å². The smallest absolute Gasteiger partial charge is 0.253 e. The van der Waals surface area contributed by atoms with Crippen molar-refractivity contribution in [2.75, 3.05) is 26.2 Å². The number of amides is 2. The summed E-state index contributed by atoms with van der Waals surface area (Å²) in [6.45, 7) is 3.97. The first-order valence-corrected chi connectivity index (χ1v) is 9.11. The van der Waals surface area contributed by atoms with E-state index in [1.807, 2.05) is 31.2 Å². The van der Waals surface area contributed by atoms with Crippen molar-refractivity contribution in [1.82, 2.24) is 9.80 Å². The molecule has 7 heteroatoms. The van der Waals surface area contributed by atoms with Gasteiger partial charge in [-0.15, -0.1) is 12.4 Å². The third-order valence-corrected chi connectivity index (χ3v) is 4.89. The van der Waals surface area contributed by atoms with E-state index in [9.17, 15) is 14.0 Å². The summed E-state index contributed by atoms with van der Waals surface area (Å²) in [6.07, 6.45) is 0.680. The third kappa shape index (κ3) is 5.09. The van der Waals surface area contributed by atoms with Gasteiger partial charge in [0.2, 0.25) is 5.91 Å². The number of nitrogens with zero attached hydrogens (tertiary/aromatic N) is 2. The third-order valence-electron chi connectivity index (χ3n) is 4.89. The van der Waals surface area contributed by atoms with E-state index in [4.69, 9.17) is 5.73 Å². The molecule has 0 saturated carbocycles. The topological polar surface area (TPSA) is 66.6 Å². The number of carbonyl (C=O) groups excluding carboxylic acids is 2. The highest BCUT2D eigenvalue weighted by Crippen LogP contribution is 2.17. The van der Waals surface area contributed by atoms with Crippen molar-refractivity contribution in [2.45, 2.75) is 19.4 Å². The first-order chi connectivity index (χ1) is 13.0. The largest absolute Gasteiger partial charge is 0.339 e. The molecule has 2 aromatic carbocycles. The lowest BCUT2D eigenvalue weighted by Gasteiger charge is -2.25. The molecule has 1 aliphatic rings. The molecule has 3 rings (SSSR count). The van der Waals surface area contributed by atoms with E-state index in [0.717, 1.165) is 11.1 Å². The Hall–Kier alpha value is -2.44. The van der Waals surface area contributed by atoms with Crippen molar-refractivity contribution in [2.24, 2.45) is 5.73 Å².